The van der Waals surface area contributed by atoms with E-state index in [1.807, 2.05) is 6.08 Å². The van der Waals surface area contributed by atoms with Gasteiger partial charge >= 0.3 is 12.2 Å². The zero-order chi connectivity index (χ0) is 24.5. The summed E-state index contributed by atoms with van der Waals surface area (Å²) in [7, 11) is 0. The van der Waals surface area contributed by atoms with E-state index in [0.29, 0.717) is 45.1 Å². The quantitative estimate of drug-likeness (QED) is 0.526. The topological polar surface area (TPSA) is 114 Å². The number of rotatable bonds is 7. The van der Waals surface area contributed by atoms with E-state index in [1.54, 1.807) is 36.1 Å². The number of alkyl halides is 3. The predicted molar refractivity (Wildman–Crippen MR) is 118 cm³/mol. The summed E-state index contributed by atoms with van der Waals surface area (Å²) in [5, 5.41) is 12.4. The van der Waals surface area contributed by atoms with Crippen LogP contribution in [0.3, 0.4) is 0 Å². The molecule has 11 heteroatoms. The molecule has 0 saturated carbocycles. The first-order chi connectivity index (χ1) is 16.1. The number of carbonyl (C=O) groups is 1. The number of nitrogens with two attached hydrogens (primary N) is 1. The van der Waals surface area contributed by atoms with Crippen LogP contribution in [0, 0.1) is 6.92 Å². The molecular formula is C23H24F3N5O3. The van der Waals surface area contributed by atoms with E-state index in [9.17, 15) is 23.1 Å². The fraction of sp³-hybridized carbons (Fsp3) is 0.348. The van der Waals surface area contributed by atoms with Crippen LogP contribution in [0.2, 0.25) is 0 Å². The van der Waals surface area contributed by atoms with Gasteiger partial charge in [0.05, 0.1) is 37.7 Å². The average Bonchev–Trinajstić information content (AvgIpc) is 3.16. The summed E-state index contributed by atoms with van der Waals surface area (Å²) in [5.41, 5.74) is 10.2. The van der Waals surface area contributed by atoms with Crippen molar-refractivity contribution in [2.45, 2.75) is 45.6 Å². The number of aryl methyl sites for hydroxylation is 1. The minimum Gasteiger partial charge on any atom is -0.493 e. The first-order valence-corrected chi connectivity index (χ1v) is 10.7. The average molecular weight is 475 g/mol. The van der Waals surface area contributed by atoms with E-state index in [0.717, 1.165) is 0 Å². The number of urea groups is 1. The van der Waals surface area contributed by atoms with Crippen molar-refractivity contribution in [3.8, 4) is 17.0 Å². The summed E-state index contributed by atoms with van der Waals surface area (Å²) >= 11 is 0. The molecule has 4 rings (SSSR count). The predicted octanol–water partition coefficient (Wildman–Crippen LogP) is 3.73. The number of fused-ring (bicyclic) bond motifs is 1. The van der Waals surface area contributed by atoms with Gasteiger partial charge in [0, 0.05) is 23.2 Å². The lowest BCUT2D eigenvalue weighted by atomic mass is 9.97. The van der Waals surface area contributed by atoms with E-state index in [4.69, 9.17) is 10.5 Å². The Kier molecular flexibility index (Phi) is 6.47. The molecular weight excluding hydrogens is 451 g/mol. The minimum absolute atomic E-state index is 0.00861. The second-order valence-electron chi connectivity index (χ2n) is 8.13. The molecule has 2 aliphatic rings. The van der Waals surface area contributed by atoms with Gasteiger partial charge in [-0.3, -0.25) is 0 Å². The third-order valence-corrected chi connectivity index (χ3v) is 5.53. The maximum absolute atomic E-state index is 12.6. The van der Waals surface area contributed by atoms with Crippen LogP contribution in [0.15, 0.2) is 36.1 Å². The van der Waals surface area contributed by atoms with Crippen LogP contribution in [-0.4, -0.2) is 38.8 Å². The normalized spacial score (nSPS) is 14.5. The molecule has 0 unspecified atom stereocenters. The summed E-state index contributed by atoms with van der Waals surface area (Å²) in [6, 6.07) is 3.03. The van der Waals surface area contributed by atoms with Crippen molar-refractivity contribution in [2.75, 3.05) is 12.3 Å². The molecule has 2 amide bonds. The highest BCUT2D eigenvalue weighted by molar-refractivity contribution is 5.80. The first-order valence-electron chi connectivity index (χ1n) is 10.7. The lowest BCUT2D eigenvalue weighted by molar-refractivity contribution is -0.136. The molecule has 1 aromatic heterocycles. The van der Waals surface area contributed by atoms with Crippen LogP contribution in [-0.2, 0) is 19.7 Å². The molecule has 0 atom stereocenters. The van der Waals surface area contributed by atoms with Crippen LogP contribution >= 0.6 is 0 Å². The third-order valence-electron chi connectivity index (χ3n) is 5.53. The van der Waals surface area contributed by atoms with Gasteiger partial charge in [0.2, 0.25) is 5.95 Å². The maximum Gasteiger partial charge on any atom is 0.389 e. The zero-order valence-electron chi connectivity index (χ0n) is 18.4. The van der Waals surface area contributed by atoms with Gasteiger partial charge in [-0.15, -0.1) is 0 Å². The monoisotopic (exact) mass is 475 g/mol. The number of carbonyl (C=O) groups excluding carboxylic acids is 1. The van der Waals surface area contributed by atoms with Crippen molar-refractivity contribution in [3.05, 3.63) is 58.4 Å². The number of aliphatic hydroxyl groups excluding tert-OH is 1. The summed E-state index contributed by atoms with van der Waals surface area (Å²) in [6.07, 6.45) is -0.0855. The Hall–Kier alpha value is -3.60. The van der Waals surface area contributed by atoms with Crippen molar-refractivity contribution >= 4 is 12.0 Å². The van der Waals surface area contributed by atoms with Gasteiger partial charge in [0.15, 0.2) is 0 Å². The highest BCUT2D eigenvalue weighted by Gasteiger charge is 2.31. The fourth-order valence-corrected chi connectivity index (χ4v) is 3.89. The number of hydrogen-bond acceptors (Lipinski definition) is 6. The molecule has 0 spiro atoms. The highest BCUT2D eigenvalue weighted by atomic mass is 19.4. The summed E-state index contributed by atoms with van der Waals surface area (Å²) in [6.45, 7) is 1.82. The highest BCUT2D eigenvalue weighted by Crippen LogP contribution is 2.39. The van der Waals surface area contributed by atoms with E-state index in [1.165, 1.54) is 0 Å². The number of allylic oxidation sites excluding steroid dienone is 3. The van der Waals surface area contributed by atoms with E-state index < -0.39 is 12.6 Å². The Bertz CT molecular complexity index is 1180. The van der Waals surface area contributed by atoms with Crippen molar-refractivity contribution in [2.24, 2.45) is 0 Å². The van der Waals surface area contributed by atoms with Crippen molar-refractivity contribution in [3.63, 3.8) is 0 Å². The number of benzene rings is 1. The molecule has 2 heterocycles. The van der Waals surface area contributed by atoms with Gasteiger partial charge in [0.1, 0.15) is 5.75 Å². The molecule has 0 fully saturated rings. The minimum atomic E-state index is -4.27. The summed E-state index contributed by atoms with van der Waals surface area (Å²) < 4.78 is 43.4. The Balaban J connectivity index is 1.65. The number of amides is 2. The smallest absolute Gasteiger partial charge is 0.389 e. The molecule has 0 bridgehead atoms. The number of aliphatic hydroxyl groups is 1. The molecule has 1 aromatic carbocycles. The first kappa shape index (κ1) is 23.6. The molecule has 0 radical (unpaired) electrons. The van der Waals surface area contributed by atoms with E-state index in [2.05, 4.69) is 15.3 Å². The second kappa shape index (κ2) is 9.34. The number of ether oxygens (including phenoxy) is 1. The molecule has 4 N–H and O–H groups in total. The number of nitrogens with zero attached hydrogens (tertiary/aromatic N) is 3. The van der Waals surface area contributed by atoms with Crippen LogP contribution in [0.5, 0.6) is 5.75 Å². The number of halogens is 3. The number of hydrogen-bond donors (Lipinski definition) is 3. The van der Waals surface area contributed by atoms with Gasteiger partial charge in [-0.05, 0) is 42.7 Å². The number of nitrogens with one attached hydrogen (secondary N) is 1. The van der Waals surface area contributed by atoms with Gasteiger partial charge < -0.3 is 25.8 Å². The standard InChI is InChI=1S/C23H24F3N5O3/c1-13-8-14(12-32)9-18(34-7-3-6-23(24,25)26)19(13)20-16-10-31(11-17(16)29-21(27)30-20)22(33)28-15-4-2-5-15/h2,4-5,8-9,32H,3,6-7,10-12H2,1H3,(H,28,33)(H2,27,29,30). The molecule has 8 nitrogen and oxygen atoms in total. The van der Waals surface area contributed by atoms with E-state index >= 15 is 0 Å². The molecule has 1 aliphatic carbocycles. The maximum atomic E-state index is 12.6. The molecule has 2 aromatic rings. The van der Waals surface area contributed by atoms with Gasteiger partial charge in [0.25, 0.3) is 0 Å². The molecule has 1 aliphatic heterocycles. The SMILES string of the molecule is Cc1cc(CO)cc(OCCCC(F)(F)F)c1-c1nc(N)nc2c1CN(C(=O)NC1=CC=C1)C2. The Morgan fingerprint density at radius 3 is 2.71 bits per heavy atom. The molecule has 180 valence electrons. The van der Waals surface area contributed by atoms with Crippen LogP contribution in [0.4, 0.5) is 23.9 Å². The number of nitrogen functional groups attached to an aromatic ring is 1. The second-order valence-corrected chi connectivity index (χ2v) is 8.13. The summed E-state index contributed by atoms with van der Waals surface area (Å²) in [4.78, 5) is 22.9. The van der Waals surface area contributed by atoms with Gasteiger partial charge in [-0.1, -0.05) is 12.1 Å². The zero-order valence-corrected chi connectivity index (χ0v) is 18.4. The van der Waals surface area contributed by atoms with Gasteiger partial charge in [-0.2, -0.15) is 13.2 Å². The Morgan fingerprint density at radius 1 is 1.29 bits per heavy atom. The van der Waals surface area contributed by atoms with Crippen LogP contribution in [0.25, 0.3) is 11.3 Å². The molecule has 0 saturated heterocycles. The lowest BCUT2D eigenvalue weighted by Crippen LogP contribution is -2.36. The number of anilines is 1. The Morgan fingerprint density at radius 2 is 2.06 bits per heavy atom. The van der Waals surface area contributed by atoms with Gasteiger partial charge in [-0.25, -0.2) is 14.8 Å². The summed E-state index contributed by atoms with van der Waals surface area (Å²) in [5.74, 6) is 0.300. The largest absolute Gasteiger partial charge is 0.493 e. The Labute approximate surface area is 193 Å². The van der Waals surface area contributed by atoms with Crippen molar-refractivity contribution < 1.29 is 27.8 Å². The number of aromatic nitrogens is 2. The fourth-order valence-electron chi connectivity index (χ4n) is 3.89. The third kappa shape index (κ3) is 5.14. The molecule has 34 heavy (non-hydrogen) atoms. The van der Waals surface area contributed by atoms with E-state index in [-0.39, 0.29) is 44.7 Å². The lowest BCUT2D eigenvalue weighted by Gasteiger charge is -2.19. The van der Waals surface area contributed by atoms with Crippen molar-refractivity contribution in [1.29, 1.82) is 0 Å². The van der Waals surface area contributed by atoms with Crippen LogP contribution in [0.1, 0.15) is 35.2 Å². The van der Waals surface area contributed by atoms with Crippen LogP contribution < -0.4 is 15.8 Å². The van der Waals surface area contributed by atoms with Crippen molar-refractivity contribution in [1.82, 2.24) is 20.2 Å².